The molecule has 0 aliphatic rings. The van der Waals surface area contributed by atoms with Gasteiger partial charge in [-0.3, -0.25) is 0 Å². The third kappa shape index (κ3) is 1.47. The van der Waals surface area contributed by atoms with E-state index in [0.29, 0.717) is 0 Å². The maximum Gasteiger partial charge on any atom is -0.0146 e. The van der Waals surface area contributed by atoms with Crippen LogP contribution in [-0.4, -0.2) is 0 Å². The topological polar surface area (TPSA) is 0 Å². The van der Waals surface area contributed by atoms with Crippen LogP contribution in [0, 0.1) is 13.8 Å². The van der Waals surface area contributed by atoms with Gasteiger partial charge in [0.05, 0.1) is 0 Å². The van der Waals surface area contributed by atoms with E-state index < -0.39 is 0 Å². The van der Waals surface area contributed by atoms with E-state index in [1.807, 2.05) is 12.2 Å². The Hall–Kier alpha value is -1.82. The highest BCUT2D eigenvalue weighted by Gasteiger charge is 2.06. The molecule has 0 heterocycles. The van der Waals surface area contributed by atoms with Gasteiger partial charge >= 0.3 is 0 Å². The molecule has 0 aromatic heterocycles. The molecule has 16 heavy (non-hydrogen) atoms. The second kappa shape index (κ2) is 3.97. The molecule has 0 heteroatoms. The highest BCUT2D eigenvalue weighted by atomic mass is 14.1. The van der Waals surface area contributed by atoms with E-state index in [2.05, 4.69) is 51.3 Å². The number of aryl methyl sites for hydroxylation is 2. The molecular weight excluding hydrogens is 192 g/mol. The lowest BCUT2D eigenvalue weighted by atomic mass is 9.93. The first-order valence-corrected chi connectivity index (χ1v) is 5.47. The van der Waals surface area contributed by atoms with Crippen LogP contribution >= 0.6 is 0 Å². The Labute approximate surface area is 96.9 Å². The summed E-state index contributed by atoms with van der Waals surface area (Å²) in [4.78, 5) is 0. The summed E-state index contributed by atoms with van der Waals surface area (Å²) in [6.07, 6.45) is 3.81. The monoisotopic (exact) mass is 208 g/mol. The molecule has 0 radical (unpaired) electrons. The van der Waals surface area contributed by atoms with E-state index in [-0.39, 0.29) is 0 Å². The van der Waals surface area contributed by atoms with Crippen LogP contribution in [0.15, 0.2) is 37.4 Å². The molecule has 0 fully saturated rings. The Bertz CT molecular complexity index is 574. The average molecular weight is 208 g/mol. The minimum absolute atomic E-state index is 1.16. The van der Waals surface area contributed by atoms with Crippen molar-refractivity contribution in [3.8, 4) is 0 Å². The van der Waals surface area contributed by atoms with Gasteiger partial charge in [0.15, 0.2) is 0 Å². The lowest BCUT2D eigenvalue weighted by Crippen LogP contribution is -1.90. The maximum absolute atomic E-state index is 3.88. The summed E-state index contributed by atoms with van der Waals surface area (Å²) in [6.45, 7) is 12.0. The summed E-state index contributed by atoms with van der Waals surface area (Å²) in [5.74, 6) is 0. The van der Waals surface area contributed by atoms with E-state index in [1.165, 1.54) is 27.5 Å². The smallest absolute Gasteiger partial charge is 0.0146 e. The summed E-state index contributed by atoms with van der Waals surface area (Å²) in [6, 6.07) is 8.60. The highest BCUT2D eigenvalue weighted by molar-refractivity contribution is 5.93. The number of fused-ring (bicyclic) bond motifs is 1. The zero-order valence-corrected chi connectivity index (χ0v) is 9.88. The summed E-state index contributed by atoms with van der Waals surface area (Å²) < 4.78 is 0. The number of hydrogen-bond donors (Lipinski definition) is 0. The van der Waals surface area contributed by atoms with Crippen molar-refractivity contribution in [2.75, 3.05) is 0 Å². The third-order valence-electron chi connectivity index (χ3n) is 3.17. The molecule has 2 aromatic rings. The summed E-state index contributed by atoms with van der Waals surface area (Å²) >= 11 is 0. The van der Waals surface area contributed by atoms with Crippen molar-refractivity contribution >= 4 is 22.9 Å². The SMILES string of the molecule is C=Cc1cc2c(C)cccc2c(C)c1C=C. The molecular formula is C16H16. The van der Waals surface area contributed by atoms with Gasteiger partial charge in [0.1, 0.15) is 0 Å². The minimum Gasteiger partial charge on any atom is -0.0984 e. The molecule has 80 valence electrons. The van der Waals surface area contributed by atoms with Gasteiger partial charge in [0.25, 0.3) is 0 Å². The van der Waals surface area contributed by atoms with Crippen LogP contribution < -0.4 is 0 Å². The first-order chi connectivity index (χ1) is 7.69. The fourth-order valence-electron chi connectivity index (χ4n) is 2.23. The summed E-state index contributed by atoms with van der Waals surface area (Å²) in [5, 5.41) is 2.61. The van der Waals surface area contributed by atoms with Crippen LogP contribution in [0.1, 0.15) is 22.3 Å². The van der Waals surface area contributed by atoms with E-state index in [4.69, 9.17) is 0 Å². The lowest BCUT2D eigenvalue weighted by molar-refractivity contribution is 1.45. The molecule has 0 unspecified atom stereocenters. The second-order valence-electron chi connectivity index (χ2n) is 4.08. The van der Waals surface area contributed by atoms with Crippen LogP contribution in [0.4, 0.5) is 0 Å². The molecule has 0 bridgehead atoms. The van der Waals surface area contributed by atoms with Gasteiger partial charge in [0.2, 0.25) is 0 Å². The van der Waals surface area contributed by atoms with Gasteiger partial charge < -0.3 is 0 Å². The zero-order valence-electron chi connectivity index (χ0n) is 9.88. The second-order valence-corrected chi connectivity index (χ2v) is 4.08. The van der Waals surface area contributed by atoms with E-state index in [9.17, 15) is 0 Å². The Morgan fingerprint density at radius 3 is 2.38 bits per heavy atom. The normalized spacial score (nSPS) is 10.4. The van der Waals surface area contributed by atoms with Gasteiger partial charge in [-0.25, -0.2) is 0 Å². The van der Waals surface area contributed by atoms with Crippen LogP contribution in [-0.2, 0) is 0 Å². The van der Waals surface area contributed by atoms with Crippen molar-refractivity contribution < 1.29 is 0 Å². The maximum atomic E-state index is 3.88. The van der Waals surface area contributed by atoms with Crippen LogP contribution in [0.25, 0.3) is 22.9 Å². The number of rotatable bonds is 2. The molecule has 0 spiro atoms. The largest absolute Gasteiger partial charge is 0.0984 e. The quantitative estimate of drug-likeness (QED) is 0.668. The lowest BCUT2D eigenvalue weighted by Gasteiger charge is -2.11. The molecule has 0 saturated heterocycles. The van der Waals surface area contributed by atoms with Crippen molar-refractivity contribution in [2.24, 2.45) is 0 Å². The van der Waals surface area contributed by atoms with Gasteiger partial charge in [-0.1, -0.05) is 43.5 Å². The molecule has 0 amide bonds. The number of hydrogen-bond acceptors (Lipinski definition) is 0. The van der Waals surface area contributed by atoms with E-state index in [1.54, 1.807) is 0 Å². The molecule has 0 atom stereocenters. The molecule has 2 rings (SSSR count). The fourth-order valence-corrected chi connectivity index (χ4v) is 2.23. The van der Waals surface area contributed by atoms with Gasteiger partial charge in [-0.2, -0.15) is 0 Å². The Morgan fingerprint density at radius 2 is 1.75 bits per heavy atom. The summed E-state index contributed by atoms with van der Waals surface area (Å²) in [7, 11) is 0. The first kappa shape index (κ1) is 10.7. The fraction of sp³-hybridized carbons (Fsp3) is 0.125. The Morgan fingerprint density at radius 1 is 1.00 bits per heavy atom. The van der Waals surface area contributed by atoms with Gasteiger partial charge in [-0.05, 0) is 52.9 Å². The zero-order chi connectivity index (χ0) is 11.7. The highest BCUT2D eigenvalue weighted by Crippen LogP contribution is 2.28. The van der Waals surface area contributed by atoms with Crippen molar-refractivity contribution in [3.05, 3.63) is 59.7 Å². The molecule has 0 aliphatic carbocycles. The van der Waals surface area contributed by atoms with Crippen molar-refractivity contribution in [2.45, 2.75) is 13.8 Å². The predicted molar refractivity (Wildman–Crippen MR) is 73.6 cm³/mol. The molecule has 0 N–H and O–H groups in total. The standard InChI is InChI=1S/C16H16/c1-5-13-10-16-11(3)8-7-9-15(16)12(4)14(13)6-2/h5-10H,1-2H2,3-4H3. The van der Waals surface area contributed by atoms with Crippen LogP contribution in [0.2, 0.25) is 0 Å². The van der Waals surface area contributed by atoms with Crippen LogP contribution in [0.3, 0.4) is 0 Å². The Balaban J connectivity index is 2.98. The van der Waals surface area contributed by atoms with Gasteiger partial charge in [0, 0.05) is 0 Å². The Kier molecular flexibility index (Phi) is 2.66. The third-order valence-corrected chi connectivity index (χ3v) is 3.17. The molecule has 2 aromatic carbocycles. The number of benzene rings is 2. The summed E-state index contributed by atoms with van der Waals surface area (Å²) in [5.41, 5.74) is 4.94. The predicted octanol–water partition coefficient (Wildman–Crippen LogP) is 4.74. The van der Waals surface area contributed by atoms with E-state index in [0.717, 1.165) is 5.56 Å². The van der Waals surface area contributed by atoms with Crippen molar-refractivity contribution in [1.29, 1.82) is 0 Å². The van der Waals surface area contributed by atoms with E-state index >= 15 is 0 Å². The van der Waals surface area contributed by atoms with Gasteiger partial charge in [-0.15, -0.1) is 0 Å². The van der Waals surface area contributed by atoms with Crippen molar-refractivity contribution in [1.82, 2.24) is 0 Å². The average Bonchev–Trinajstić information content (AvgIpc) is 2.30. The molecule has 0 nitrogen and oxygen atoms in total. The molecule has 0 saturated carbocycles. The van der Waals surface area contributed by atoms with Crippen molar-refractivity contribution in [3.63, 3.8) is 0 Å². The van der Waals surface area contributed by atoms with Crippen LogP contribution in [0.5, 0.6) is 0 Å². The molecule has 0 aliphatic heterocycles. The minimum atomic E-state index is 1.16. The first-order valence-electron chi connectivity index (χ1n) is 5.47.